The summed E-state index contributed by atoms with van der Waals surface area (Å²) in [5.74, 6) is -2.17. The number of rotatable bonds is 6. The summed E-state index contributed by atoms with van der Waals surface area (Å²) in [6, 6.07) is 3.94. The normalized spacial score (nSPS) is 19.7. The van der Waals surface area contributed by atoms with Crippen molar-refractivity contribution in [1.29, 1.82) is 0 Å². The van der Waals surface area contributed by atoms with Crippen LogP contribution in [0.1, 0.15) is 37.7 Å². The van der Waals surface area contributed by atoms with Crippen LogP contribution in [0.3, 0.4) is 0 Å². The zero-order valence-corrected chi connectivity index (χ0v) is 20.1. The molecule has 0 spiro atoms. The van der Waals surface area contributed by atoms with Gasteiger partial charge in [0.05, 0.1) is 11.7 Å². The second kappa shape index (κ2) is 9.55. The molecule has 0 unspecified atom stereocenters. The summed E-state index contributed by atoms with van der Waals surface area (Å²) in [7, 11) is 0. The molecule has 37 heavy (non-hydrogen) atoms. The Morgan fingerprint density at radius 3 is 2.68 bits per heavy atom. The summed E-state index contributed by atoms with van der Waals surface area (Å²) >= 11 is 0. The fourth-order valence-corrected chi connectivity index (χ4v) is 4.76. The smallest absolute Gasteiger partial charge is 0.217 e. The fourth-order valence-electron chi connectivity index (χ4n) is 4.76. The number of nitrogens with zero attached hydrogens (tertiary/aromatic N) is 5. The number of aromatic nitrogens is 5. The van der Waals surface area contributed by atoms with Crippen molar-refractivity contribution >= 4 is 28.4 Å². The van der Waals surface area contributed by atoms with Crippen LogP contribution < -0.4 is 16.0 Å². The van der Waals surface area contributed by atoms with E-state index in [9.17, 15) is 13.2 Å². The summed E-state index contributed by atoms with van der Waals surface area (Å²) < 4.78 is 41.3. The Kier molecular flexibility index (Phi) is 6.07. The molecule has 2 atom stereocenters. The third kappa shape index (κ3) is 4.78. The molecular formula is C26H25F3N8. The van der Waals surface area contributed by atoms with Crippen LogP contribution in [-0.4, -0.2) is 44.1 Å². The minimum Gasteiger partial charge on any atom is -0.366 e. The Morgan fingerprint density at radius 1 is 1.00 bits per heavy atom. The first-order valence-electron chi connectivity index (χ1n) is 12.3. The minimum absolute atomic E-state index is 0.143. The molecule has 0 amide bonds. The van der Waals surface area contributed by atoms with Crippen LogP contribution in [-0.2, 0) is 0 Å². The highest BCUT2D eigenvalue weighted by molar-refractivity contribution is 5.93. The van der Waals surface area contributed by atoms with E-state index in [1.807, 2.05) is 6.20 Å². The van der Waals surface area contributed by atoms with Gasteiger partial charge in [0.2, 0.25) is 11.8 Å². The molecule has 0 radical (unpaired) electrons. The highest BCUT2D eigenvalue weighted by Crippen LogP contribution is 2.44. The highest BCUT2D eigenvalue weighted by atomic mass is 19.2. The van der Waals surface area contributed by atoms with E-state index in [1.54, 1.807) is 18.3 Å². The lowest BCUT2D eigenvalue weighted by Gasteiger charge is -2.31. The average molecular weight is 507 g/mol. The van der Waals surface area contributed by atoms with Crippen molar-refractivity contribution in [2.24, 2.45) is 5.92 Å². The third-order valence-electron chi connectivity index (χ3n) is 6.91. The van der Waals surface area contributed by atoms with Crippen molar-refractivity contribution in [3.63, 3.8) is 0 Å². The van der Waals surface area contributed by atoms with Crippen LogP contribution in [0, 0.1) is 23.5 Å². The van der Waals surface area contributed by atoms with Crippen molar-refractivity contribution in [2.45, 2.75) is 38.1 Å². The quantitative estimate of drug-likeness (QED) is 0.317. The molecule has 1 saturated carbocycles. The van der Waals surface area contributed by atoms with Crippen LogP contribution in [0.2, 0.25) is 0 Å². The first-order valence-corrected chi connectivity index (χ1v) is 12.3. The summed E-state index contributed by atoms with van der Waals surface area (Å²) in [6.45, 7) is 4.06. The van der Waals surface area contributed by atoms with Crippen LogP contribution >= 0.6 is 0 Å². The van der Waals surface area contributed by atoms with Crippen molar-refractivity contribution in [2.75, 3.05) is 23.7 Å². The molecule has 6 rings (SSSR count). The first-order chi connectivity index (χ1) is 18.0. The molecule has 4 aromatic rings. The van der Waals surface area contributed by atoms with Gasteiger partial charge in [0, 0.05) is 35.5 Å². The third-order valence-corrected chi connectivity index (χ3v) is 6.91. The van der Waals surface area contributed by atoms with E-state index in [4.69, 9.17) is 9.97 Å². The van der Waals surface area contributed by atoms with Gasteiger partial charge in [-0.2, -0.15) is 13.8 Å². The van der Waals surface area contributed by atoms with Crippen LogP contribution in [0.5, 0.6) is 0 Å². The SMILES string of the molecule is C[C@@H]1CNCC[C@@H]1Nc1nc(-c2ccnc(Nc3nc(F)cc(F)c3F)c2)nc2cncc(C3CC3)c12. The minimum atomic E-state index is -1.34. The number of piperidine rings is 1. The standard InChI is InChI=1S/C26H25F3N8/c1-13-10-30-6-5-18(13)33-25-22-16(14-2-3-14)11-31-12-19(22)34-24(37-25)15-4-7-32-21(8-15)36-26-23(29)17(27)9-20(28)35-26/h4,7-9,11-14,18,30H,2-3,5-6,10H2,1H3,(H,32,35,36)(H,33,34,37)/t13-,18+/m1/s1. The largest absolute Gasteiger partial charge is 0.366 e. The predicted octanol–water partition coefficient (Wildman–Crippen LogP) is 4.93. The number of hydrogen-bond donors (Lipinski definition) is 3. The Labute approximate surface area is 211 Å². The van der Waals surface area contributed by atoms with Gasteiger partial charge in [0.1, 0.15) is 11.6 Å². The monoisotopic (exact) mass is 506 g/mol. The molecule has 4 aromatic heterocycles. The first kappa shape index (κ1) is 23.5. The maximum Gasteiger partial charge on any atom is 0.217 e. The maximum atomic E-state index is 14.1. The molecule has 8 nitrogen and oxygen atoms in total. The van der Waals surface area contributed by atoms with E-state index >= 15 is 0 Å². The summed E-state index contributed by atoms with van der Waals surface area (Å²) in [4.78, 5) is 21.7. The predicted molar refractivity (Wildman–Crippen MR) is 134 cm³/mol. The van der Waals surface area contributed by atoms with Gasteiger partial charge in [0.15, 0.2) is 17.5 Å². The molecule has 0 bridgehead atoms. The van der Waals surface area contributed by atoms with Gasteiger partial charge < -0.3 is 16.0 Å². The topological polar surface area (TPSA) is 101 Å². The molecular weight excluding hydrogens is 481 g/mol. The Hall–Kier alpha value is -3.86. The molecule has 11 heteroatoms. The lowest BCUT2D eigenvalue weighted by Crippen LogP contribution is -2.42. The Balaban J connectivity index is 1.41. The fraction of sp³-hybridized carbons (Fsp3) is 0.346. The Morgan fingerprint density at radius 2 is 1.86 bits per heavy atom. The van der Waals surface area contributed by atoms with E-state index in [1.165, 1.54) is 6.20 Å². The van der Waals surface area contributed by atoms with E-state index < -0.39 is 23.4 Å². The van der Waals surface area contributed by atoms with E-state index in [-0.39, 0.29) is 11.9 Å². The second-order valence-corrected chi connectivity index (χ2v) is 9.66. The van der Waals surface area contributed by atoms with E-state index in [0.717, 1.165) is 54.6 Å². The lowest BCUT2D eigenvalue weighted by molar-refractivity contribution is 0.368. The lowest BCUT2D eigenvalue weighted by atomic mass is 9.95. The highest BCUT2D eigenvalue weighted by Gasteiger charge is 2.29. The molecule has 0 aromatic carbocycles. The van der Waals surface area contributed by atoms with Gasteiger partial charge in [-0.1, -0.05) is 6.92 Å². The molecule has 1 saturated heterocycles. The van der Waals surface area contributed by atoms with Crippen LogP contribution in [0.15, 0.2) is 36.8 Å². The zero-order chi connectivity index (χ0) is 25.5. The van der Waals surface area contributed by atoms with E-state index in [2.05, 4.69) is 37.8 Å². The number of halogens is 3. The average Bonchev–Trinajstić information content (AvgIpc) is 3.74. The van der Waals surface area contributed by atoms with Gasteiger partial charge in [-0.3, -0.25) is 4.98 Å². The zero-order valence-electron chi connectivity index (χ0n) is 20.1. The number of nitrogens with one attached hydrogen (secondary N) is 3. The van der Waals surface area contributed by atoms with Crippen LogP contribution in [0.4, 0.5) is 30.6 Å². The molecule has 190 valence electrons. The second-order valence-electron chi connectivity index (χ2n) is 9.66. The van der Waals surface area contributed by atoms with Gasteiger partial charge in [-0.05, 0) is 61.9 Å². The molecule has 2 fully saturated rings. The Bertz CT molecular complexity index is 1480. The number of hydrogen-bond acceptors (Lipinski definition) is 8. The molecule has 2 aliphatic rings. The van der Waals surface area contributed by atoms with Crippen molar-refractivity contribution in [3.05, 3.63) is 59.9 Å². The molecule has 1 aliphatic carbocycles. The van der Waals surface area contributed by atoms with Gasteiger partial charge in [-0.15, -0.1) is 0 Å². The number of pyridine rings is 3. The number of anilines is 3. The van der Waals surface area contributed by atoms with Crippen molar-refractivity contribution in [1.82, 2.24) is 30.2 Å². The maximum absolute atomic E-state index is 14.1. The van der Waals surface area contributed by atoms with E-state index in [0.29, 0.717) is 29.3 Å². The molecule has 5 heterocycles. The van der Waals surface area contributed by atoms with Gasteiger partial charge in [-0.25, -0.2) is 19.3 Å². The van der Waals surface area contributed by atoms with Gasteiger partial charge in [0.25, 0.3) is 0 Å². The van der Waals surface area contributed by atoms with Crippen molar-refractivity contribution < 1.29 is 13.2 Å². The van der Waals surface area contributed by atoms with Crippen LogP contribution in [0.25, 0.3) is 22.3 Å². The molecule has 1 aliphatic heterocycles. The van der Waals surface area contributed by atoms with Crippen molar-refractivity contribution in [3.8, 4) is 11.4 Å². The summed E-state index contributed by atoms with van der Waals surface area (Å²) in [6.07, 6.45) is 8.34. The van der Waals surface area contributed by atoms with Gasteiger partial charge >= 0.3 is 0 Å². The number of fused-ring (bicyclic) bond motifs is 1. The molecule has 3 N–H and O–H groups in total. The summed E-state index contributed by atoms with van der Waals surface area (Å²) in [5.41, 5.74) is 2.47. The summed E-state index contributed by atoms with van der Waals surface area (Å²) in [5, 5.41) is 10.7.